The Morgan fingerprint density at radius 3 is 2.66 bits per heavy atom. The van der Waals surface area contributed by atoms with Gasteiger partial charge in [-0.1, -0.05) is 35.9 Å². The summed E-state index contributed by atoms with van der Waals surface area (Å²) in [5.74, 6) is -0.717. The van der Waals surface area contributed by atoms with E-state index in [0.717, 1.165) is 30.5 Å². The van der Waals surface area contributed by atoms with Crippen molar-refractivity contribution in [2.24, 2.45) is 4.99 Å². The number of ether oxygens (including phenoxy) is 2. The first kappa shape index (κ1) is 25.6. The molecule has 3 aliphatic rings. The number of pyridine rings is 1. The number of Topliss-reactive ketones (excluding diaryl/α,β-unsaturated/α-hetero) is 2. The highest BCUT2D eigenvalue weighted by atomic mass is 16.7. The molecule has 1 aromatic carbocycles. The van der Waals surface area contributed by atoms with E-state index in [4.69, 9.17) is 15.2 Å². The Bertz CT molecular complexity index is 1390. The summed E-state index contributed by atoms with van der Waals surface area (Å²) in [5, 5.41) is 6.87. The Hall–Kier alpha value is -4.05. The number of fused-ring (bicyclic) bond motifs is 2. The Balaban J connectivity index is 1.50. The van der Waals surface area contributed by atoms with Gasteiger partial charge in [0.15, 0.2) is 17.3 Å². The van der Waals surface area contributed by atoms with Crippen molar-refractivity contribution in [2.45, 2.75) is 49.3 Å². The number of nitrogens with one attached hydrogen (secondary N) is 2. The van der Waals surface area contributed by atoms with Crippen molar-refractivity contribution >= 4 is 29.3 Å². The number of hydrogen-bond acceptors (Lipinski definition) is 8. The van der Waals surface area contributed by atoms with Gasteiger partial charge in [-0.3, -0.25) is 14.6 Å². The van der Waals surface area contributed by atoms with Crippen LogP contribution in [0.4, 0.5) is 5.82 Å². The molecule has 1 aromatic heterocycles. The number of carbonyl (C=O) groups excluding carboxylic acids is 3. The number of methoxy groups -OCH3 is 1. The van der Waals surface area contributed by atoms with Gasteiger partial charge >= 0.3 is 5.97 Å². The fraction of sp³-hybridized carbons (Fsp3) is 0.393. The second-order valence-electron chi connectivity index (χ2n) is 10.0. The molecule has 3 heterocycles. The highest BCUT2D eigenvalue weighted by molar-refractivity contribution is 6.32. The minimum atomic E-state index is -1.96. The van der Waals surface area contributed by atoms with Crippen LogP contribution in [0.3, 0.4) is 0 Å². The number of nitrogens with two attached hydrogens (primary N) is 1. The van der Waals surface area contributed by atoms with Crippen molar-refractivity contribution in [3.63, 3.8) is 0 Å². The van der Waals surface area contributed by atoms with Crippen molar-refractivity contribution in [3.8, 4) is 0 Å². The molecule has 2 fully saturated rings. The van der Waals surface area contributed by atoms with E-state index in [-0.39, 0.29) is 17.5 Å². The predicted octanol–water partition coefficient (Wildman–Crippen LogP) is 2.30. The molecular formula is C28H31N5O5. The molecule has 2 saturated heterocycles. The second-order valence-corrected chi connectivity index (χ2v) is 10.0. The fourth-order valence-electron chi connectivity index (χ4n) is 5.81. The third-order valence-corrected chi connectivity index (χ3v) is 7.74. The number of ketones is 2. The summed E-state index contributed by atoms with van der Waals surface area (Å²) >= 11 is 0. The van der Waals surface area contributed by atoms with Crippen LogP contribution in [0.15, 0.2) is 59.2 Å². The van der Waals surface area contributed by atoms with Gasteiger partial charge in [0.25, 0.3) is 5.60 Å². The number of nitrogen functional groups attached to an aromatic ring is 1. The predicted molar refractivity (Wildman–Crippen MR) is 141 cm³/mol. The number of benzene rings is 1. The number of aromatic nitrogens is 1. The lowest BCUT2D eigenvalue weighted by Crippen LogP contribution is -2.50. The molecule has 1 aliphatic carbocycles. The summed E-state index contributed by atoms with van der Waals surface area (Å²) in [7, 11) is 2.90. The Morgan fingerprint density at radius 2 is 1.97 bits per heavy atom. The zero-order valence-corrected chi connectivity index (χ0v) is 21.7. The summed E-state index contributed by atoms with van der Waals surface area (Å²) in [6, 6.07) is 10.3. The van der Waals surface area contributed by atoms with E-state index in [1.807, 2.05) is 25.1 Å². The first-order valence-corrected chi connectivity index (χ1v) is 12.6. The molecule has 0 bridgehead atoms. The highest BCUT2D eigenvalue weighted by Gasteiger charge is 2.85. The lowest BCUT2D eigenvalue weighted by molar-refractivity contribution is -0.145. The lowest BCUT2D eigenvalue weighted by atomic mass is 9.72. The average molecular weight is 518 g/mol. The number of epoxide rings is 1. The largest absolute Gasteiger partial charge is 0.466 e. The summed E-state index contributed by atoms with van der Waals surface area (Å²) in [6.45, 7) is 2.72. The quantitative estimate of drug-likeness (QED) is 0.227. The van der Waals surface area contributed by atoms with E-state index < -0.39 is 34.3 Å². The van der Waals surface area contributed by atoms with Crippen LogP contribution >= 0.6 is 0 Å². The molecule has 198 valence electrons. The second kappa shape index (κ2) is 9.36. The summed E-state index contributed by atoms with van der Waals surface area (Å²) in [6.07, 6.45) is 5.82. The van der Waals surface area contributed by atoms with Crippen molar-refractivity contribution in [1.82, 2.24) is 15.6 Å². The Morgan fingerprint density at radius 1 is 1.24 bits per heavy atom. The van der Waals surface area contributed by atoms with Crippen LogP contribution in [0.25, 0.3) is 0 Å². The van der Waals surface area contributed by atoms with E-state index in [2.05, 4.69) is 20.6 Å². The van der Waals surface area contributed by atoms with Crippen LogP contribution in [0.1, 0.15) is 58.9 Å². The molecule has 0 amide bonds. The van der Waals surface area contributed by atoms with Crippen LogP contribution in [0.5, 0.6) is 0 Å². The van der Waals surface area contributed by atoms with Crippen LogP contribution < -0.4 is 16.4 Å². The zero-order valence-electron chi connectivity index (χ0n) is 21.7. The Kier molecular flexibility index (Phi) is 6.30. The number of esters is 1. The molecule has 3 atom stereocenters. The molecule has 5 rings (SSSR count). The van der Waals surface area contributed by atoms with Crippen molar-refractivity contribution in [1.29, 1.82) is 0 Å². The minimum absolute atomic E-state index is 0.0500. The molecule has 2 aromatic rings. The number of guanidine groups is 1. The molecule has 10 nitrogen and oxygen atoms in total. The summed E-state index contributed by atoms with van der Waals surface area (Å²) < 4.78 is 10.8. The van der Waals surface area contributed by atoms with Crippen LogP contribution in [0.2, 0.25) is 0 Å². The molecule has 2 aliphatic heterocycles. The van der Waals surface area contributed by atoms with E-state index in [9.17, 15) is 14.4 Å². The summed E-state index contributed by atoms with van der Waals surface area (Å²) in [5.41, 5.74) is 4.22. The third-order valence-electron chi connectivity index (χ3n) is 7.74. The van der Waals surface area contributed by atoms with Crippen molar-refractivity contribution in [3.05, 3.63) is 70.9 Å². The number of anilines is 1. The van der Waals surface area contributed by atoms with Gasteiger partial charge in [0.05, 0.1) is 12.6 Å². The van der Waals surface area contributed by atoms with Gasteiger partial charge in [0, 0.05) is 37.3 Å². The molecule has 4 N–H and O–H groups in total. The van der Waals surface area contributed by atoms with E-state index in [1.165, 1.54) is 13.2 Å². The van der Waals surface area contributed by atoms with Gasteiger partial charge in [-0.15, -0.1) is 0 Å². The monoisotopic (exact) mass is 517 g/mol. The number of carbonyl (C=O) groups is 3. The lowest BCUT2D eigenvalue weighted by Gasteiger charge is -2.35. The molecule has 38 heavy (non-hydrogen) atoms. The first-order valence-electron chi connectivity index (χ1n) is 12.6. The Labute approximate surface area is 220 Å². The van der Waals surface area contributed by atoms with E-state index >= 15 is 0 Å². The molecule has 0 unspecified atom stereocenters. The average Bonchev–Trinajstić information content (AvgIpc) is 3.67. The maximum Gasteiger partial charge on any atom is 0.350 e. The van der Waals surface area contributed by atoms with Crippen LogP contribution in [-0.2, 0) is 19.8 Å². The summed E-state index contributed by atoms with van der Waals surface area (Å²) in [4.78, 5) is 48.4. The van der Waals surface area contributed by atoms with E-state index in [1.54, 1.807) is 31.4 Å². The maximum absolute atomic E-state index is 13.6. The smallest absolute Gasteiger partial charge is 0.350 e. The number of hydrogen-bond donors (Lipinski definition) is 3. The third kappa shape index (κ3) is 3.78. The van der Waals surface area contributed by atoms with Gasteiger partial charge < -0.3 is 25.8 Å². The van der Waals surface area contributed by atoms with Gasteiger partial charge in [-0.05, 0) is 43.9 Å². The van der Waals surface area contributed by atoms with Gasteiger partial charge in [-0.25, -0.2) is 9.78 Å². The van der Waals surface area contributed by atoms with E-state index in [0.29, 0.717) is 18.2 Å². The molecule has 0 radical (unpaired) electrons. The minimum Gasteiger partial charge on any atom is -0.466 e. The first-order chi connectivity index (χ1) is 18.2. The van der Waals surface area contributed by atoms with Crippen LogP contribution in [-0.4, -0.2) is 60.4 Å². The van der Waals surface area contributed by atoms with Gasteiger partial charge in [0.1, 0.15) is 5.82 Å². The topological polar surface area (TPSA) is 148 Å². The van der Waals surface area contributed by atoms with Gasteiger partial charge in [0.2, 0.25) is 5.78 Å². The zero-order chi connectivity index (χ0) is 27.1. The fourth-order valence-corrected chi connectivity index (χ4v) is 5.81. The van der Waals surface area contributed by atoms with Gasteiger partial charge in [-0.2, -0.15) is 0 Å². The molecular weight excluding hydrogens is 486 g/mol. The van der Waals surface area contributed by atoms with Crippen molar-refractivity contribution < 1.29 is 23.9 Å². The number of nitrogens with zero attached hydrogens (tertiary/aromatic N) is 2. The number of rotatable bonds is 6. The standard InChI is InChI=1S/C28H31N5O5/c1-17(16-26(18-10-14-31-21(29)15-18)11-6-13-32-25(30-2)33-26)9-12-27-22(34)19-7-4-5-8-20(19)23(35)28(27,38-27)24(36)37-3/h4-5,7-10,14-15H,6,11-13,16H2,1-3H3,(H2,29,31)(H2,30,32,33)/b17-9+/t26-,27+,28+/m1/s1. The molecule has 0 spiro atoms. The molecule has 0 saturated carbocycles. The highest BCUT2D eigenvalue weighted by Crippen LogP contribution is 2.58. The number of aliphatic imine (C=N–C) groups is 1. The molecule has 10 heteroatoms. The normalized spacial score (nSPS) is 29.4. The van der Waals surface area contributed by atoms with Crippen LogP contribution in [0, 0.1) is 0 Å². The SMILES string of the molecule is CN=C1NCCC[C@@](C/C(C)=C/C[C@@]23O[C@]2(C(=O)OC)C(=O)c2ccccc2C3=O)(c2ccnc(N)c2)N1. The maximum atomic E-state index is 13.6. The van der Waals surface area contributed by atoms with Crippen molar-refractivity contribution in [2.75, 3.05) is 26.4 Å².